The zero-order valence-corrected chi connectivity index (χ0v) is 7.73. The Bertz CT molecular complexity index is 378. The summed E-state index contributed by atoms with van der Waals surface area (Å²) in [7, 11) is 0. The van der Waals surface area contributed by atoms with Crippen LogP contribution in [0.5, 0.6) is 0 Å². The maximum atomic E-state index is 8.54. The zero-order valence-electron chi connectivity index (χ0n) is 7.73. The van der Waals surface area contributed by atoms with Crippen LogP contribution in [-0.4, -0.2) is 28.3 Å². The number of aromatic nitrogens is 2. The average Bonchev–Trinajstić information content (AvgIpc) is 2.60. The van der Waals surface area contributed by atoms with Crippen molar-refractivity contribution in [3.05, 3.63) is 30.1 Å². The molecule has 0 saturated heterocycles. The van der Waals surface area contributed by atoms with E-state index in [1.54, 1.807) is 6.20 Å². The lowest BCUT2D eigenvalue weighted by atomic mass is 10.3. The monoisotopic (exact) mass is 192 g/mol. The van der Waals surface area contributed by atoms with Gasteiger partial charge in [0.15, 0.2) is 0 Å². The van der Waals surface area contributed by atoms with Crippen LogP contribution in [0.25, 0.3) is 11.0 Å². The third-order valence-electron chi connectivity index (χ3n) is 1.94. The second-order valence-electron chi connectivity index (χ2n) is 3.01. The molecule has 0 radical (unpaired) electrons. The maximum absolute atomic E-state index is 8.54. The molecular formula is C10H12N2O2. The molecule has 2 heterocycles. The summed E-state index contributed by atoms with van der Waals surface area (Å²) >= 11 is 0. The molecule has 0 aromatic carbocycles. The summed E-state index contributed by atoms with van der Waals surface area (Å²) in [6, 6.07) is 5.89. The number of H-pyrrole nitrogens is 1. The fourth-order valence-electron chi connectivity index (χ4n) is 1.34. The van der Waals surface area contributed by atoms with Gasteiger partial charge in [-0.05, 0) is 18.2 Å². The van der Waals surface area contributed by atoms with E-state index in [0.717, 1.165) is 16.7 Å². The number of nitrogens with one attached hydrogen (secondary N) is 1. The largest absolute Gasteiger partial charge is 0.394 e. The van der Waals surface area contributed by atoms with Crippen LogP contribution < -0.4 is 0 Å². The molecule has 2 aromatic heterocycles. The van der Waals surface area contributed by atoms with E-state index >= 15 is 0 Å². The predicted molar refractivity (Wildman–Crippen MR) is 52.8 cm³/mol. The number of aliphatic hydroxyl groups is 1. The van der Waals surface area contributed by atoms with Crippen molar-refractivity contribution >= 4 is 11.0 Å². The van der Waals surface area contributed by atoms with Crippen LogP contribution >= 0.6 is 0 Å². The average molecular weight is 192 g/mol. The molecular weight excluding hydrogens is 180 g/mol. The van der Waals surface area contributed by atoms with Gasteiger partial charge in [-0.1, -0.05) is 0 Å². The van der Waals surface area contributed by atoms with Gasteiger partial charge in [0.25, 0.3) is 0 Å². The highest BCUT2D eigenvalue weighted by Crippen LogP contribution is 2.12. The Balaban J connectivity index is 2.11. The maximum Gasteiger partial charge on any atom is 0.137 e. The molecule has 0 spiro atoms. The van der Waals surface area contributed by atoms with Gasteiger partial charge >= 0.3 is 0 Å². The number of fused-ring (bicyclic) bond motifs is 1. The summed E-state index contributed by atoms with van der Waals surface area (Å²) in [6.45, 7) is 0.901. The molecule has 0 unspecified atom stereocenters. The SMILES string of the molecule is OCCOCc1cc2cccnc2[nH]1. The highest BCUT2D eigenvalue weighted by atomic mass is 16.5. The smallest absolute Gasteiger partial charge is 0.137 e. The van der Waals surface area contributed by atoms with Crippen molar-refractivity contribution in [3.8, 4) is 0 Å². The minimum absolute atomic E-state index is 0.0540. The van der Waals surface area contributed by atoms with Crippen LogP contribution in [0.1, 0.15) is 5.69 Å². The van der Waals surface area contributed by atoms with Crippen molar-refractivity contribution < 1.29 is 9.84 Å². The van der Waals surface area contributed by atoms with E-state index in [0.29, 0.717) is 13.2 Å². The molecule has 0 amide bonds. The fraction of sp³-hybridized carbons (Fsp3) is 0.300. The number of aromatic amines is 1. The standard InChI is InChI=1S/C10H12N2O2/c13-4-5-14-7-9-6-8-2-1-3-11-10(8)12-9/h1-3,6,13H,4-5,7H2,(H,11,12). The van der Waals surface area contributed by atoms with Gasteiger partial charge in [0, 0.05) is 17.3 Å². The summed E-state index contributed by atoms with van der Waals surface area (Å²) in [5, 5.41) is 9.62. The van der Waals surface area contributed by atoms with Crippen LogP contribution in [0.15, 0.2) is 24.4 Å². The molecule has 4 heteroatoms. The first-order valence-electron chi connectivity index (χ1n) is 4.51. The Hall–Kier alpha value is -1.39. The highest BCUT2D eigenvalue weighted by molar-refractivity contribution is 5.76. The Morgan fingerprint density at radius 1 is 1.50 bits per heavy atom. The second-order valence-corrected chi connectivity index (χ2v) is 3.01. The number of aliphatic hydroxyl groups excluding tert-OH is 1. The van der Waals surface area contributed by atoms with Gasteiger partial charge in [0.05, 0.1) is 19.8 Å². The molecule has 0 atom stereocenters. The van der Waals surface area contributed by atoms with Crippen molar-refractivity contribution in [3.63, 3.8) is 0 Å². The van der Waals surface area contributed by atoms with Crippen LogP contribution in [0.3, 0.4) is 0 Å². The Labute approximate surface area is 81.5 Å². The third kappa shape index (κ3) is 1.92. The quantitative estimate of drug-likeness (QED) is 0.712. The molecule has 2 rings (SSSR count). The number of hydrogen-bond donors (Lipinski definition) is 2. The van der Waals surface area contributed by atoms with E-state index in [9.17, 15) is 0 Å². The van der Waals surface area contributed by atoms with Crippen LogP contribution in [0.2, 0.25) is 0 Å². The molecule has 0 saturated carbocycles. The number of hydrogen-bond acceptors (Lipinski definition) is 3. The van der Waals surface area contributed by atoms with E-state index in [4.69, 9.17) is 9.84 Å². The molecule has 4 nitrogen and oxygen atoms in total. The Kier molecular flexibility index (Phi) is 2.76. The van der Waals surface area contributed by atoms with Crippen LogP contribution in [0, 0.1) is 0 Å². The third-order valence-corrected chi connectivity index (χ3v) is 1.94. The zero-order chi connectivity index (χ0) is 9.80. The second kappa shape index (κ2) is 4.21. The van der Waals surface area contributed by atoms with Crippen molar-refractivity contribution in [2.24, 2.45) is 0 Å². The molecule has 0 aliphatic carbocycles. The van der Waals surface area contributed by atoms with Crippen molar-refractivity contribution in [2.75, 3.05) is 13.2 Å². The summed E-state index contributed by atoms with van der Waals surface area (Å²) in [5.74, 6) is 0. The summed E-state index contributed by atoms with van der Waals surface area (Å²) in [4.78, 5) is 7.31. The molecule has 2 N–H and O–H groups in total. The summed E-state index contributed by atoms with van der Waals surface area (Å²) < 4.78 is 5.19. The lowest BCUT2D eigenvalue weighted by Crippen LogP contribution is -1.99. The van der Waals surface area contributed by atoms with E-state index in [2.05, 4.69) is 9.97 Å². The van der Waals surface area contributed by atoms with E-state index in [-0.39, 0.29) is 6.61 Å². The van der Waals surface area contributed by atoms with Crippen molar-refractivity contribution in [1.29, 1.82) is 0 Å². The number of rotatable bonds is 4. The highest BCUT2D eigenvalue weighted by Gasteiger charge is 2.00. The molecule has 0 fully saturated rings. The van der Waals surface area contributed by atoms with Crippen LogP contribution in [-0.2, 0) is 11.3 Å². The topological polar surface area (TPSA) is 58.1 Å². The molecule has 0 bridgehead atoms. The van der Waals surface area contributed by atoms with E-state index < -0.39 is 0 Å². The first-order chi connectivity index (χ1) is 6.90. The Morgan fingerprint density at radius 3 is 3.21 bits per heavy atom. The molecule has 74 valence electrons. The molecule has 2 aromatic rings. The first kappa shape index (κ1) is 9.18. The van der Waals surface area contributed by atoms with E-state index in [1.807, 2.05) is 18.2 Å². The summed E-state index contributed by atoms with van der Waals surface area (Å²) in [6.07, 6.45) is 1.75. The lowest BCUT2D eigenvalue weighted by molar-refractivity contribution is 0.0800. The predicted octanol–water partition coefficient (Wildman–Crippen LogP) is 1.07. The normalized spacial score (nSPS) is 10.9. The van der Waals surface area contributed by atoms with Gasteiger partial charge in [-0.25, -0.2) is 4.98 Å². The minimum Gasteiger partial charge on any atom is -0.394 e. The van der Waals surface area contributed by atoms with Crippen molar-refractivity contribution in [2.45, 2.75) is 6.61 Å². The number of ether oxygens (including phenoxy) is 1. The van der Waals surface area contributed by atoms with Crippen LogP contribution in [0.4, 0.5) is 0 Å². The fourth-order valence-corrected chi connectivity index (χ4v) is 1.34. The van der Waals surface area contributed by atoms with Crippen molar-refractivity contribution in [1.82, 2.24) is 9.97 Å². The van der Waals surface area contributed by atoms with E-state index in [1.165, 1.54) is 0 Å². The van der Waals surface area contributed by atoms with Gasteiger partial charge in [-0.2, -0.15) is 0 Å². The minimum atomic E-state index is 0.0540. The van der Waals surface area contributed by atoms with Gasteiger partial charge < -0.3 is 14.8 Å². The number of nitrogens with zero attached hydrogens (tertiary/aromatic N) is 1. The van der Waals surface area contributed by atoms with Gasteiger partial charge in [0.2, 0.25) is 0 Å². The molecule has 0 aliphatic heterocycles. The molecule has 14 heavy (non-hydrogen) atoms. The van der Waals surface area contributed by atoms with Gasteiger partial charge in [0.1, 0.15) is 5.65 Å². The lowest BCUT2D eigenvalue weighted by Gasteiger charge is -1.97. The molecule has 0 aliphatic rings. The van der Waals surface area contributed by atoms with Gasteiger partial charge in [-0.15, -0.1) is 0 Å². The Morgan fingerprint density at radius 2 is 2.43 bits per heavy atom. The van der Waals surface area contributed by atoms with Gasteiger partial charge in [-0.3, -0.25) is 0 Å². The first-order valence-corrected chi connectivity index (χ1v) is 4.51. The summed E-state index contributed by atoms with van der Waals surface area (Å²) in [5.41, 5.74) is 1.85. The number of pyridine rings is 1.